The van der Waals surface area contributed by atoms with Crippen LogP contribution in [-0.2, 0) is 24.2 Å². The molecule has 5 nitrogen and oxygen atoms in total. The quantitative estimate of drug-likeness (QED) is 0.475. The maximum atomic E-state index is 14.0. The number of nitrogens with zero attached hydrogens (tertiary/aromatic N) is 3. The van der Waals surface area contributed by atoms with Crippen LogP contribution in [-0.4, -0.2) is 33.7 Å². The maximum absolute atomic E-state index is 14.0. The Morgan fingerprint density at radius 2 is 2.20 bits per heavy atom. The van der Waals surface area contributed by atoms with E-state index in [4.69, 9.17) is 16.6 Å². The van der Waals surface area contributed by atoms with Crippen LogP contribution in [0.4, 0.5) is 9.52 Å². The molecule has 1 atom stereocenters. The van der Waals surface area contributed by atoms with Gasteiger partial charge < -0.3 is 14.6 Å². The van der Waals surface area contributed by atoms with Crippen LogP contribution in [0.25, 0.3) is 21.1 Å². The number of carbonyl (C=O) groups is 1. The number of rotatable bonds is 4. The van der Waals surface area contributed by atoms with Crippen molar-refractivity contribution in [3.63, 3.8) is 0 Å². The first kappa shape index (κ1) is 19.3. The van der Waals surface area contributed by atoms with E-state index in [1.54, 1.807) is 17.4 Å². The number of aliphatic carboxylic acids is 1. The van der Waals surface area contributed by atoms with Gasteiger partial charge >= 0.3 is 5.97 Å². The Kier molecular flexibility index (Phi) is 4.67. The highest BCUT2D eigenvalue weighted by Crippen LogP contribution is 2.37. The van der Waals surface area contributed by atoms with E-state index in [1.165, 1.54) is 12.1 Å². The van der Waals surface area contributed by atoms with Gasteiger partial charge in [-0.05, 0) is 61.2 Å². The molecule has 0 fully saturated rings. The topological polar surface area (TPSA) is 58.4 Å². The highest BCUT2D eigenvalue weighted by Gasteiger charge is 2.29. The minimum Gasteiger partial charge on any atom is -0.480 e. The zero-order chi connectivity index (χ0) is 21.0. The lowest BCUT2D eigenvalue weighted by Crippen LogP contribution is -2.36. The minimum atomic E-state index is -0.897. The molecule has 1 N–H and O–H groups in total. The Bertz CT molecular complexity index is 1300. The van der Waals surface area contributed by atoms with E-state index in [-0.39, 0.29) is 18.4 Å². The number of aromatic nitrogens is 2. The van der Waals surface area contributed by atoms with Crippen LogP contribution in [0.3, 0.4) is 0 Å². The van der Waals surface area contributed by atoms with Gasteiger partial charge in [0.2, 0.25) is 0 Å². The van der Waals surface area contributed by atoms with Crippen molar-refractivity contribution in [1.29, 1.82) is 0 Å². The zero-order valence-electron chi connectivity index (χ0n) is 16.2. The summed E-state index contributed by atoms with van der Waals surface area (Å²) in [6.45, 7) is -0.114. The standard InChI is InChI=1S/C22H19ClFN3O2S/c1-26(22-25-17-8-12(23)2-7-20(17)30-22)14-4-6-19-16(10-14)15-9-13(24)3-5-18(15)27(19)11-21(28)29/h2-3,5,7-9,14H,4,6,10-11H2,1H3,(H,28,29)/t14-/m0/s1. The van der Waals surface area contributed by atoms with Gasteiger partial charge in [-0.15, -0.1) is 0 Å². The van der Waals surface area contributed by atoms with Gasteiger partial charge in [-0.25, -0.2) is 9.37 Å². The molecule has 2 aromatic heterocycles. The molecule has 0 radical (unpaired) electrons. The van der Waals surface area contributed by atoms with E-state index in [0.717, 1.165) is 56.8 Å². The normalized spacial score (nSPS) is 16.2. The monoisotopic (exact) mass is 443 g/mol. The third-order valence-electron chi connectivity index (χ3n) is 5.88. The van der Waals surface area contributed by atoms with E-state index in [1.807, 2.05) is 29.8 Å². The Morgan fingerprint density at radius 3 is 3.00 bits per heavy atom. The molecule has 2 heterocycles. The number of hydrogen-bond acceptors (Lipinski definition) is 4. The first-order valence-corrected chi connectivity index (χ1v) is 10.9. The summed E-state index contributed by atoms with van der Waals surface area (Å²) in [7, 11) is 2.03. The number of halogens is 2. The summed E-state index contributed by atoms with van der Waals surface area (Å²) in [5.41, 5.74) is 3.70. The van der Waals surface area contributed by atoms with Crippen LogP contribution in [0.15, 0.2) is 36.4 Å². The molecule has 8 heteroatoms. The summed E-state index contributed by atoms with van der Waals surface area (Å²) >= 11 is 7.72. The first-order chi connectivity index (χ1) is 14.4. The number of fused-ring (bicyclic) bond motifs is 4. The van der Waals surface area contributed by atoms with E-state index in [0.29, 0.717) is 5.02 Å². The maximum Gasteiger partial charge on any atom is 0.323 e. The van der Waals surface area contributed by atoms with Crippen molar-refractivity contribution < 1.29 is 14.3 Å². The minimum absolute atomic E-state index is 0.114. The SMILES string of the molecule is CN(c1nc2cc(Cl)ccc2s1)[C@H]1CCc2c(c3cc(F)ccc3n2CC(=O)O)C1. The number of anilines is 1. The van der Waals surface area contributed by atoms with Crippen molar-refractivity contribution in [2.75, 3.05) is 11.9 Å². The predicted octanol–water partition coefficient (Wildman–Crippen LogP) is 5.12. The van der Waals surface area contributed by atoms with Gasteiger partial charge in [0.1, 0.15) is 12.4 Å². The van der Waals surface area contributed by atoms with Gasteiger partial charge in [-0.1, -0.05) is 22.9 Å². The molecule has 0 saturated heterocycles. The Balaban J connectivity index is 1.52. The third kappa shape index (κ3) is 3.22. The predicted molar refractivity (Wildman–Crippen MR) is 118 cm³/mol. The molecule has 30 heavy (non-hydrogen) atoms. The molecule has 0 aliphatic heterocycles. The molecule has 0 amide bonds. The lowest BCUT2D eigenvalue weighted by atomic mass is 9.90. The Morgan fingerprint density at radius 1 is 1.37 bits per heavy atom. The fourth-order valence-electron chi connectivity index (χ4n) is 4.45. The Hall–Kier alpha value is -2.64. The number of carboxylic acid groups (broad SMARTS) is 1. The van der Waals surface area contributed by atoms with Gasteiger partial charge in [0.25, 0.3) is 0 Å². The van der Waals surface area contributed by atoms with E-state index >= 15 is 0 Å². The van der Waals surface area contributed by atoms with Gasteiger partial charge in [0, 0.05) is 34.7 Å². The molecule has 5 rings (SSSR count). The number of benzene rings is 2. The molecule has 154 valence electrons. The summed E-state index contributed by atoms with van der Waals surface area (Å²) in [6.07, 6.45) is 2.33. The van der Waals surface area contributed by atoms with Crippen LogP contribution in [0, 0.1) is 5.82 Å². The summed E-state index contributed by atoms with van der Waals surface area (Å²) in [5, 5.41) is 11.7. The average Bonchev–Trinajstić information content (AvgIpc) is 3.26. The fraction of sp³-hybridized carbons (Fsp3) is 0.273. The summed E-state index contributed by atoms with van der Waals surface area (Å²) in [5.74, 6) is -1.21. The molecular formula is C22H19ClFN3O2S. The molecule has 4 aromatic rings. The largest absolute Gasteiger partial charge is 0.480 e. The number of hydrogen-bond donors (Lipinski definition) is 1. The molecule has 0 spiro atoms. The van der Waals surface area contributed by atoms with Gasteiger partial charge in [0.05, 0.1) is 10.2 Å². The van der Waals surface area contributed by atoms with Crippen LogP contribution in [0.1, 0.15) is 17.7 Å². The van der Waals surface area contributed by atoms with E-state index in [9.17, 15) is 14.3 Å². The van der Waals surface area contributed by atoms with Crippen molar-refractivity contribution in [1.82, 2.24) is 9.55 Å². The van der Waals surface area contributed by atoms with Crippen LogP contribution in [0.5, 0.6) is 0 Å². The summed E-state index contributed by atoms with van der Waals surface area (Å²) < 4.78 is 16.9. The van der Waals surface area contributed by atoms with Gasteiger partial charge in [-0.2, -0.15) is 0 Å². The third-order valence-corrected chi connectivity index (χ3v) is 7.25. The second-order valence-corrected chi connectivity index (χ2v) is 9.13. The lowest BCUT2D eigenvalue weighted by Gasteiger charge is -2.31. The van der Waals surface area contributed by atoms with E-state index < -0.39 is 5.97 Å². The van der Waals surface area contributed by atoms with E-state index in [2.05, 4.69) is 4.90 Å². The number of likely N-dealkylation sites (N-methyl/N-ethyl adjacent to an activating group) is 1. The molecule has 1 aliphatic rings. The summed E-state index contributed by atoms with van der Waals surface area (Å²) in [6, 6.07) is 10.5. The fourth-order valence-corrected chi connectivity index (χ4v) is 5.59. The number of carboxylic acids is 1. The molecule has 0 saturated carbocycles. The highest BCUT2D eigenvalue weighted by atomic mass is 35.5. The second kappa shape index (κ2) is 7.25. The first-order valence-electron chi connectivity index (χ1n) is 9.71. The van der Waals surface area contributed by atoms with Gasteiger partial charge in [0.15, 0.2) is 5.13 Å². The molecule has 1 aliphatic carbocycles. The van der Waals surface area contributed by atoms with Crippen LogP contribution < -0.4 is 4.90 Å². The molecule has 0 unspecified atom stereocenters. The second-order valence-electron chi connectivity index (χ2n) is 7.68. The van der Waals surface area contributed by atoms with Crippen molar-refractivity contribution >= 4 is 55.2 Å². The van der Waals surface area contributed by atoms with Crippen molar-refractivity contribution in [3.05, 3.63) is 58.5 Å². The van der Waals surface area contributed by atoms with Crippen LogP contribution in [0.2, 0.25) is 5.02 Å². The highest BCUT2D eigenvalue weighted by molar-refractivity contribution is 7.22. The van der Waals surface area contributed by atoms with Crippen molar-refractivity contribution in [3.8, 4) is 0 Å². The zero-order valence-corrected chi connectivity index (χ0v) is 17.8. The molecule has 2 aromatic carbocycles. The van der Waals surface area contributed by atoms with Gasteiger partial charge in [-0.3, -0.25) is 4.79 Å². The lowest BCUT2D eigenvalue weighted by molar-refractivity contribution is -0.137. The molecule has 0 bridgehead atoms. The summed E-state index contributed by atoms with van der Waals surface area (Å²) in [4.78, 5) is 18.3. The molecular weight excluding hydrogens is 425 g/mol. The van der Waals surface area contributed by atoms with Crippen molar-refractivity contribution in [2.45, 2.75) is 31.8 Å². The number of thiazole rings is 1. The average molecular weight is 444 g/mol. The Labute approximate surface area is 181 Å². The smallest absolute Gasteiger partial charge is 0.323 e. The van der Waals surface area contributed by atoms with Crippen LogP contribution >= 0.6 is 22.9 Å². The van der Waals surface area contributed by atoms with Crippen molar-refractivity contribution in [2.24, 2.45) is 0 Å².